The second kappa shape index (κ2) is 3.57. The highest BCUT2D eigenvalue weighted by Crippen LogP contribution is 2.62. The van der Waals surface area contributed by atoms with Gasteiger partial charge in [0.15, 0.2) is 0 Å². The Hall–Kier alpha value is -1.36. The molecule has 2 fully saturated rings. The van der Waals surface area contributed by atoms with Crippen molar-refractivity contribution in [2.45, 2.75) is 43.9 Å². The van der Waals surface area contributed by atoms with Gasteiger partial charge in [-0.2, -0.15) is 5.26 Å². The van der Waals surface area contributed by atoms with Gasteiger partial charge in [0.05, 0.1) is 11.5 Å². The van der Waals surface area contributed by atoms with Crippen molar-refractivity contribution in [1.29, 1.82) is 5.26 Å². The highest BCUT2D eigenvalue weighted by molar-refractivity contribution is 5.39. The van der Waals surface area contributed by atoms with Crippen molar-refractivity contribution in [3.8, 4) is 6.07 Å². The van der Waals surface area contributed by atoms with Crippen LogP contribution in [0.5, 0.6) is 0 Å². The molecule has 3 rings (SSSR count). The highest BCUT2D eigenvalue weighted by Gasteiger charge is 2.57. The summed E-state index contributed by atoms with van der Waals surface area (Å²) < 4.78 is 13.8. The lowest BCUT2D eigenvalue weighted by atomic mass is 9.50. The summed E-state index contributed by atoms with van der Waals surface area (Å²) in [5, 5.41) is 9.44. The normalized spacial score (nSPS) is 24.2. The molecule has 1 aromatic carbocycles. The van der Waals surface area contributed by atoms with Crippen LogP contribution in [0.4, 0.5) is 4.39 Å². The lowest BCUT2D eigenvalue weighted by molar-refractivity contribution is 0.0625. The van der Waals surface area contributed by atoms with E-state index in [1.54, 1.807) is 12.1 Å². The summed E-state index contributed by atoms with van der Waals surface area (Å²) in [5.74, 6) is -0.220. The molecule has 1 nitrogen and oxygen atoms in total. The first-order valence-corrected chi connectivity index (χ1v) is 6.36. The van der Waals surface area contributed by atoms with Crippen molar-refractivity contribution >= 4 is 0 Å². The Morgan fingerprint density at radius 2 is 1.76 bits per heavy atom. The molecule has 0 atom stereocenters. The number of hydrogen-bond donors (Lipinski definition) is 0. The largest absolute Gasteiger partial charge is 0.207 e. The fraction of sp³-hybridized carbons (Fsp3) is 0.533. The molecular formula is C15H16FN. The van der Waals surface area contributed by atoms with Gasteiger partial charge in [0.1, 0.15) is 5.82 Å². The zero-order chi connectivity index (χ0) is 11.9. The lowest BCUT2D eigenvalue weighted by Gasteiger charge is -2.51. The summed E-state index contributed by atoms with van der Waals surface area (Å²) in [7, 11) is 0. The topological polar surface area (TPSA) is 23.8 Å². The maximum atomic E-state index is 13.8. The van der Waals surface area contributed by atoms with Crippen LogP contribution in [0.25, 0.3) is 0 Å². The number of nitrogens with zero attached hydrogens (tertiary/aromatic N) is 1. The van der Waals surface area contributed by atoms with Crippen LogP contribution < -0.4 is 0 Å². The zero-order valence-corrected chi connectivity index (χ0v) is 9.88. The molecule has 2 saturated carbocycles. The van der Waals surface area contributed by atoms with Gasteiger partial charge in [-0.3, -0.25) is 0 Å². The van der Waals surface area contributed by atoms with Crippen LogP contribution in [0, 0.1) is 22.6 Å². The molecule has 0 amide bonds. The average molecular weight is 229 g/mol. The van der Waals surface area contributed by atoms with Gasteiger partial charge < -0.3 is 0 Å². The third-order valence-electron chi connectivity index (χ3n) is 4.62. The zero-order valence-electron chi connectivity index (χ0n) is 9.88. The van der Waals surface area contributed by atoms with Gasteiger partial charge in [0.2, 0.25) is 0 Å². The standard InChI is InChI=1S/C15H16FN/c16-13-6-2-1-5-12(13)15(11-17)9-14(10-15)7-3-4-8-14/h1-2,5-6H,3-4,7-10H2. The van der Waals surface area contributed by atoms with Crippen LogP contribution >= 0.6 is 0 Å². The first-order chi connectivity index (χ1) is 8.20. The van der Waals surface area contributed by atoms with Crippen molar-refractivity contribution in [2.24, 2.45) is 5.41 Å². The van der Waals surface area contributed by atoms with Crippen molar-refractivity contribution in [2.75, 3.05) is 0 Å². The second-order valence-electron chi connectivity index (χ2n) is 5.73. The molecule has 0 bridgehead atoms. The van der Waals surface area contributed by atoms with Crippen LogP contribution in [-0.2, 0) is 5.41 Å². The smallest absolute Gasteiger partial charge is 0.128 e. The first-order valence-electron chi connectivity index (χ1n) is 6.36. The Kier molecular flexibility index (Phi) is 2.26. The quantitative estimate of drug-likeness (QED) is 0.715. The van der Waals surface area contributed by atoms with Gasteiger partial charge >= 0.3 is 0 Å². The molecule has 0 aromatic heterocycles. The minimum absolute atomic E-state index is 0.220. The van der Waals surface area contributed by atoms with Gasteiger partial charge in [0.25, 0.3) is 0 Å². The summed E-state index contributed by atoms with van der Waals surface area (Å²) in [6.07, 6.45) is 6.72. The van der Waals surface area contributed by atoms with Crippen molar-refractivity contribution in [3.63, 3.8) is 0 Å². The van der Waals surface area contributed by atoms with E-state index in [2.05, 4.69) is 6.07 Å². The van der Waals surface area contributed by atoms with Crippen LogP contribution in [-0.4, -0.2) is 0 Å². The minimum atomic E-state index is -0.546. The first kappa shape index (κ1) is 10.8. The number of rotatable bonds is 1. The summed E-state index contributed by atoms with van der Waals surface area (Å²) in [6.45, 7) is 0. The molecule has 2 heteroatoms. The molecule has 17 heavy (non-hydrogen) atoms. The number of hydrogen-bond acceptors (Lipinski definition) is 1. The molecule has 88 valence electrons. The Bertz CT molecular complexity index is 472. The molecule has 0 saturated heterocycles. The number of halogens is 1. The molecule has 2 aliphatic rings. The van der Waals surface area contributed by atoms with Crippen molar-refractivity contribution in [3.05, 3.63) is 35.6 Å². The molecule has 2 aliphatic carbocycles. The van der Waals surface area contributed by atoms with E-state index >= 15 is 0 Å². The third-order valence-corrected chi connectivity index (χ3v) is 4.62. The van der Waals surface area contributed by atoms with Crippen LogP contribution in [0.3, 0.4) is 0 Å². The third kappa shape index (κ3) is 1.49. The van der Waals surface area contributed by atoms with E-state index in [0.29, 0.717) is 11.0 Å². The minimum Gasteiger partial charge on any atom is -0.207 e. The summed E-state index contributed by atoms with van der Waals surface area (Å²) in [4.78, 5) is 0. The van der Waals surface area contributed by atoms with E-state index in [9.17, 15) is 9.65 Å². The Morgan fingerprint density at radius 1 is 1.12 bits per heavy atom. The molecule has 0 unspecified atom stereocenters. The molecule has 1 aromatic rings. The lowest BCUT2D eigenvalue weighted by Crippen LogP contribution is -2.47. The van der Waals surface area contributed by atoms with Gasteiger partial charge in [-0.15, -0.1) is 0 Å². The van der Waals surface area contributed by atoms with E-state index < -0.39 is 5.41 Å². The van der Waals surface area contributed by atoms with E-state index in [1.807, 2.05) is 6.07 Å². The SMILES string of the molecule is N#CC1(c2ccccc2F)CC2(CCCC2)C1. The van der Waals surface area contributed by atoms with Gasteiger partial charge in [-0.25, -0.2) is 4.39 Å². The fourth-order valence-corrected chi connectivity index (χ4v) is 3.89. The van der Waals surface area contributed by atoms with E-state index in [-0.39, 0.29) is 5.82 Å². The Morgan fingerprint density at radius 3 is 2.35 bits per heavy atom. The van der Waals surface area contributed by atoms with Gasteiger partial charge in [0, 0.05) is 5.56 Å². The monoisotopic (exact) mass is 229 g/mol. The highest BCUT2D eigenvalue weighted by atomic mass is 19.1. The van der Waals surface area contributed by atoms with Gasteiger partial charge in [-0.05, 0) is 37.2 Å². The van der Waals surface area contributed by atoms with E-state index in [4.69, 9.17) is 0 Å². The van der Waals surface area contributed by atoms with Crippen LogP contribution in [0.1, 0.15) is 44.1 Å². The molecule has 0 N–H and O–H groups in total. The molecule has 0 radical (unpaired) electrons. The summed E-state index contributed by atoms with van der Waals surface area (Å²) >= 11 is 0. The molecular weight excluding hydrogens is 213 g/mol. The maximum Gasteiger partial charge on any atom is 0.128 e. The second-order valence-corrected chi connectivity index (χ2v) is 5.73. The molecule has 0 aliphatic heterocycles. The Labute approximate surface area is 101 Å². The summed E-state index contributed by atoms with van der Waals surface area (Å²) in [6, 6.07) is 9.15. The molecule has 0 heterocycles. The maximum absolute atomic E-state index is 13.8. The molecule has 1 spiro atoms. The Balaban J connectivity index is 1.92. The fourth-order valence-electron chi connectivity index (χ4n) is 3.89. The van der Waals surface area contributed by atoms with Crippen molar-refractivity contribution < 1.29 is 4.39 Å². The van der Waals surface area contributed by atoms with Crippen LogP contribution in [0.2, 0.25) is 0 Å². The van der Waals surface area contributed by atoms with E-state index in [1.165, 1.54) is 31.7 Å². The van der Waals surface area contributed by atoms with E-state index in [0.717, 1.165) is 12.8 Å². The van der Waals surface area contributed by atoms with Gasteiger partial charge in [-0.1, -0.05) is 31.0 Å². The van der Waals surface area contributed by atoms with Crippen LogP contribution in [0.15, 0.2) is 24.3 Å². The predicted octanol–water partition coefficient (Wildman–Crippen LogP) is 3.94. The average Bonchev–Trinajstić information content (AvgIpc) is 2.76. The number of benzene rings is 1. The number of nitriles is 1. The van der Waals surface area contributed by atoms with Crippen molar-refractivity contribution in [1.82, 2.24) is 0 Å². The predicted molar refractivity (Wildman–Crippen MR) is 63.8 cm³/mol. The summed E-state index contributed by atoms with van der Waals surface area (Å²) in [5.41, 5.74) is 0.424.